The molecule has 0 aromatic heterocycles. The standard InChI is InChI=1S/C19H30ClN/c1-14(2)12-21-13-18(16-6-4-5-7-16)11-17-9-8-15(3)10-19(17)20/h8-10,14,16,18,21H,4-7,11-13H2,1-3H3. The molecule has 0 amide bonds. The molecule has 0 heterocycles. The van der Waals surface area contributed by atoms with Gasteiger partial charge in [0.05, 0.1) is 0 Å². The van der Waals surface area contributed by atoms with Gasteiger partial charge in [0, 0.05) is 5.02 Å². The molecular formula is C19H30ClN. The molecule has 0 spiro atoms. The van der Waals surface area contributed by atoms with Crippen LogP contribution < -0.4 is 5.32 Å². The van der Waals surface area contributed by atoms with Crippen LogP contribution in [0, 0.1) is 24.7 Å². The third kappa shape index (κ3) is 5.30. The van der Waals surface area contributed by atoms with E-state index in [4.69, 9.17) is 11.6 Å². The zero-order valence-electron chi connectivity index (χ0n) is 13.8. The van der Waals surface area contributed by atoms with Crippen LogP contribution in [0.5, 0.6) is 0 Å². The third-order valence-electron chi connectivity index (χ3n) is 4.72. The van der Waals surface area contributed by atoms with Gasteiger partial charge in [-0.3, -0.25) is 0 Å². The fraction of sp³-hybridized carbons (Fsp3) is 0.684. The van der Waals surface area contributed by atoms with Gasteiger partial charge >= 0.3 is 0 Å². The van der Waals surface area contributed by atoms with Crippen molar-refractivity contribution in [1.82, 2.24) is 5.32 Å². The van der Waals surface area contributed by atoms with Crippen molar-refractivity contribution >= 4 is 11.6 Å². The zero-order valence-corrected chi connectivity index (χ0v) is 14.5. The maximum atomic E-state index is 6.44. The summed E-state index contributed by atoms with van der Waals surface area (Å²) in [6.45, 7) is 8.90. The summed E-state index contributed by atoms with van der Waals surface area (Å²) in [6.07, 6.45) is 6.74. The average molecular weight is 308 g/mol. The first-order valence-electron chi connectivity index (χ1n) is 8.52. The quantitative estimate of drug-likeness (QED) is 0.726. The molecule has 118 valence electrons. The van der Waals surface area contributed by atoms with Crippen LogP contribution in [0.15, 0.2) is 18.2 Å². The summed E-state index contributed by atoms with van der Waals surface area (Å²) in [5.74, 6) is 2.32. The first-order chi connectivity index (χ1) is 10.1. The second-order valence-electron chi connectivity index (χ2n) is 7.16. The molecule has 1 fully saturated rings. The van der Waals surface area contributed by atoms with Crippen LogP contribution in [0.3, 0.4) is 0 Å². The molecule has 1 aliphatic carbocycles. The van der Waals surface area contributed by atoms with E-state index in [0.29, 0.717) is 0 Å². The number of aryl methyl sites for hydroxylation is 1. The molecule has 1 aromatic carbocycles. The monoisotopic (exact) mass is 307 g/mol. The zero-order chi connectivity index (χ0) is 15.2. The maximum Gasteiger partial charge on any atom is 0.0440 e. The van der Waals surface area contributed by atoms with Gasteiger partial charge in [-0.05, 0) is 61.4 Å². The van der Waals surface area contributed by atoms with Crippen molar-refractivity contribution in [3.63, 3.8) is 0 Å². The summed E-state index contributed by atoms with van der Waals surface area (Å²) in [7, 11) is 0. The normalized spacial score (nSPS) is 17.6. The minimum absolute atomic E-state index is 0.720. The van der Waals surface area contributed by atoms with Crippen LogP contribution in [-0.2, 0) is 6.42 Å². The highest BCUT2D eigenvalue weighted by Gasteiger charge is 2.25. The first-order valence-corrected chi connectivity index (χ1v) is 8.89. The Labute approximate surface area is 135 Å². The highest BCUT2D eigenvalue weighted by atomic mass is 35.5. The van der Waals surface area contributed by atoms with Gasteiger partial charge in [0.1, 0.15) is 0 Å². The van der Waals surface area contributed by atoms with Gasteiger partial charge < -0.3 is 5.32 Å². The van der Waals surface area contributed by atoms with Gasteiger partial charge in [0.2, 0.25) is 0 Å². The molecule has 1 aliphatic rings. The Hall–Kier alpha value is -0.530. The Morgan fingerprint density at radius 3 is 2.52 bits per heavy atom. The minimum Gasteiger partial charge on any atom is -0.316 e. The molecule has 1 unspecified atom stereocenters. The number of benzene rings is 1. The van der Waals surface area contributed by atoms with Gasteiger partial charge in [-0.25, -0.2) is 0 Å². The van der Waals surface area contributed by atoms with Crippen molar-refractivity contribution < 1.29 is 0 Å². The molecule has 1 nitrogen and oxygen atoms in total. The van der Waals surface area contributed by atoms with E-state index in [-0.39, 0.29) is 0 Å². The lowest BCUT2D eigenvalue weighted by atomic mass is 9.85. The summed E-state index contributed by atoms with van der Waals surface area (Å²) in [6, 6.07) is 6.51. The Kier molecular flexibility index (Phi) is 6.57. The molecule has 0 aliphatic heterocycles. The molecule has 1 saturated carbocycles. The SMILES string of the molecule is Cc1ccc(CC(CNCC(C)C)C2CCCC2)c(Cl)c1. The molecule has 1 atom stereocenters. The van der Waals surface area contributed by atoms with Crippen LogP contribution in [0.4, 0.5) is 0 Å². The lowest BCUT2D eigenvalue weighted by Gasteiger charge is -2.25. The van der Waals surface area contributed by atoms with Gasteiger partial charge in [-0.2, -0.15) is 0 Å². The molecular weight excluding hydrogens is 278 g/mol. The molecule has 0 saturated heterocycles. The smallest absolute Gasteiger partial charge is 0.0440 e. The van der Waals surface area contributed by atoms with Gasteiger partial charge in [0.15, 0.2) is 0 Å². The molecule has 21 heavy (non-hydrogen) atoms. The van der Waals surface area contributed by atoms with E-state index < -0.39 is 0 Å². The molecule has 1 aromatic rings. The van der Waals surface area contributed by atoms with Gasteiger partial charge in [-0.15, -0.1) is 0 Å². The van der Waals surface area contributed by atoms with Crippen LogP contribution in [0.1, 0.15) is 50.7 Å². The second kappa shape index (κ2) is 8.19. The Morgan fingerprint density at radius 2 is 1.90 bits per heavy atom. The van der Waals surface area contributed by atoms with Crippen molar-refractivity contribution in [1.29, 1.82) is 0 Å². The van der Waals surface area contributed by atoms with Crippen molar-refractivity contribution in [2.75, 3.05) is 13.1 Å². The lowest BCUT2D eigenvalue weighted by Crippen LogP contribution is -2.31. The average Bonchev–Trinajstić information content (AvgIpc) is 2.93. The molecule has 2 heteroatoms. The van der Waals surface area contributed by atoms with Crippen LogP contribution in [0.2, 0.25) is 5.02 Å². The number of halogens is 1. The van der Waals surface area contributed by atoms with E-state index in [9.17, 15) is 0 Å². The van der Waals surface area contributed by atoms with Gasteiger partial charge in [-0.1, -0.05) is 63.3 Å². The maximum absolute atomic E-state index is 6.44. The first kappa shape index (κ1) is 16.8. The Balaban J connectivity index is 2.00. The molecule has 2 rings (SSSR count). The molecule has 1 N–H and O–H groups in total. The van der Waals surface area contributed by atoms with E-state index in [1.54, 1.807) is 0 Å². The van der Waals surface area contributed by atoms with Crippen molar-refractivity contribution in [2.24, 2.45) is 17.8 Å². The van der Waals surface area contributed by atoms with E-state index in [2.05, 4.69) is 44.3 Å². The van der Waals surface area contributed by atoms with Gasteiger partial charge in [0.25, 0.3) is 0 Å². The highest BCUT2D eigenvalue weighted by molar-refractivity contribution is 6.31. The number of hydrogen-bond donors (Lipinski definition) is 1. The lowest BCUT2D eigenvalue weighted by molar-refractivity contribution is 0.316. The predicted molar refractivity (Wildman–Crippen MR) is 93.0 cm³/mol. The summed E-state index contributed by atoms with van der Waals surface area (Å²) in [5.41, 5.74) is 2.57. The van der Waals surface area contributed by atoms with E-state index in [1.165, 1.54) is 36.8 Å². The summed E-state index contributed by atoms with van der Waals surface area (Å²) >= 11 is 6.44. The van der Waals surface area contributed by atoms with Crippen LogP contribution >= 0.6 is 11.6 Å². The highest BCUT2D eigenvalue weighted by Crippen LogP contribution is 2.34. The predicted octanol–water partition coefficient (Wildman–Crippen LogP) is 5.24. The topological polar surface area (TPSA) is 12.0 Å². The Morgan fingerprint density at radius 1 is 1.19 bits per heavy atom. The summed E-state index contributed by atoms with van der Waals surface area (Å²) < 4.78 is 0. The summed E-state index contributed by atoms with van der Waals surface area (Å²) in [4.78, 5) is 0. The fourth-order valence-electron chi connectivity index (χ4n) is 3.49. The largest absolute Gasteiger partial charge is 0.316 e. The van der Waals surface area contributed by atoms with Crippen molar-refractivity contribution in [2.45, 2.75) is 52.9 Å². The number of nitrogens with one attached hydrogen (secondary N) is 1. The minimum atomic E-state index is 0.720. The Bertz CT molecular complexity index is 435. The van der Waals surface area contributed by atoms with Crippen molar-refractivity contribution in [3.05, 3.63) is 34.3 Å². The third-order valence-corrected chi connectivity index (χ3v) is 5.07. The van der Waals surface area contributed by atoms with E-state index >= 15 is 0 Å². The van der Waals surface area contributed by atoms with E-state index in [1.807, 2.05) is 0 Å². The second-order valence-corrected chi connectivity index (χ2v) is 7.56. The summed E-state index contributed by atoms with van der Waals surface area (Å²) in [5, 5.41) is 4.62. The van der Waals surface area contributed by atoms with E-state index in [0.717, 1.165) is 42.3 Å². The molecule has 0 radical (unpaired) electrons. The van der Waals surface area contributed by atoms with Crippen LogP contribution in [0.25, 0.3) is 0 Å². The number of hydrogen-bond acceptors (Lipinski definition) is 1. The van der Waals surface area contributed by atoms with Crippen molar-refractivity contribution in [3.8, 4) is 0 Å². The number of rotatable bonds is 7. The van der Waals surface area contributed by atoms with Crippen LogP contribution in [-0.4, -0.2) is 13.1 Å². The fourth-order valence-corrected chi connectivity index (χ4v) is 3.80. The molecule has 0 bridgehead atoms.